The topological polar surface area (TPSA) is 65.6 Å². The molecule has 1 spiro atoms. The van der Waals surface area contributed by atoms with Crippen molar-refractivity contribution < 1.29 is 9.52 Å². The van der Waals surface area contributed by atoms with Crippen LogP contribution in [0, 0.1) is 12.3 Å². The highest BCUT2D eigenvalue weighted by Gasteiger charge is 2.42. The van der Waals surface area contributed by atoms with Gasteiger partial charge in [-0.25, -0.2) is 9.97 Å². The average molecular weight is 419 g/mol. The van der Waals surface area contributed by atoms with Gasteiger partial charge in [-0.1, -0.05) is 13.3 Å². The Labute approximate surface area is 177 Å². The standard InChI is InChI=1S/C22H31ClN4O2/c1-3-4-17-12-24-16(2)25-21(17)27-13-18(28)11-22(15-27)7-9-26(10-8-22)14-19-5-6-20(23)29-19/h5-6,12,18,28H,3-4,7-11,13-15H2,1-2H3. The minimum absolute atomic E-state index is 0.136. The summed E-state index contributed by atoms with van der Waals surface area (Å²) in [5.74, 6) is 2.72. The van der Waals surface area contributed by atoms with E-state index in [-0.39, 0.29) is 11.5 Å². The van der Waals surface area contributed by atoms with Crippen molar-refractivity contribution in [1.82, 2.24) is 14.9 Å². The second-order valence-electron chi connectivity index (χ2n) is 8.74. The molecule has 0 aliphatic carbocycles. The van der Waals surface area contributed by atoms with E-state index in [4.69, 9.17) is 21.0 Å². The largest absolute Gasteiger partial charge is 0.448 e. The highest BCUT2D eigenvalue weighted by molar-refractivity contribution is 6.28. The van der Waals surface area contributed by atoms with E-state index in [0.29, 0.717) is 11.8 Å². The lowest BCUT2D eigenvalue weighted by Crippen LogP contribution is -2.54. The maximum Gasteiger partial charge on any atom is 0.193 e. The van der Waals surface area contributed by atoms with Gasteiger partial charge in [0.15, 0.2) is 5.22 Å². The van der Waals surface area contributed by atoms with E-state index in [1.165, 1.54) is 5.56 Å². The van der Waals surface area contributed by atoms with Crippen LogP contribution in [-0.2, 0) is 13.0 Å². The molecular formula is C22H31ClN4O2. The van der Waals surface area contributed by atoms with E-state index in [1.807, 2.05) is 19.2 Å². The van der Waals surface area contributed by atoms with Crippen molar-refractivity contribution in [2.45, 2.75) is 58.6 Å². The van der Waals surface area contributed by atoms with Crippen LogP contribution in [-0.4, -0.2) is 52.3 Å². The molecule has 2 fully saturated rings. The van der Waals surface area contributed by atoms with Crippen molar-refractivity contribution in [3.05, 3.63) is 40.7 Å². The number of β-amino-alcohol motifs (C(OH)–C–C–N with tert-alkyl or cyclic N) is 1. The SMILES string of the molecule is CCCc1cnc(C)nc1N1CC(O)CC2(CCN(Cc3ccc(Cl)o3)CC2)C1. The minimum Gasteiger partial charge on any atom is -0.448 e. The Hall–Kier alpha value is -1.63. The number of furan rings is 1. The first-order valence-electron chi connectivity index (χ1n) is 10.7. The lowest BCUT2D eigenvalue weighted by molar-refractivity contribution is 0.0228. The van der Waals surface area contributed by atoms with Crippen LogP contribution in [0.3, 0.4) is 0 Å². The summed E-state index contributed by atoms with van der Waals surface area (Å²) in [6, 6.07) is 3.75. The van der Waals surface area contributed by atoms with Crippen LogP contribution in [0.5, 0.6) is 0 Å². The molecule has 4 heterocycles. The molecule has 0 radical (unpaired) electrons. The zero-order chi connectivity index (χ0) is 20.4. The Bertz CT molecular complexity index is 832. The number of aryl methyl sites for hydroxylation is 2. The quantitative estimate of drug-likeness (QED) is 0.795. The summed E-state index contributed by atoms with van der Waals surface area (Å²) < 4.78 is 5.52. The highest BCUT2D eigenvalue weighted by Crippen LogP contribution is 2.41. The molecule has 0 bridgehead atoms. The number of aliphatic hydroxyl groups is 1. The summed E-state index contributed by atoms with van der Waals surface area (Å²) in [6.07, 6.45) is 6.69. The number of likely N-dealkylation sites (tertiary alicyclic amines) is 1. The van der Waals surface area contributed by atoms with Crippen LogP contribution in [0.15, 0.2) is 22.7 Å². The summed E-state index contributed by atoms with van der Waals surface area (Å²) in [4.78, 5) is 13.9. The lowest BCUT2D eigenvalue weighted by atomic mass is 9.71. The molecule has 158 valence electrons. The van der Waals surface area contributed by atoms with Gasteiger partial charge in [-0.15, -0.1) is 0 Å². The number of rotatable bonds is 5. The Morgan fingerprint density at radius 2 is 2.10 bits per heavy atom. The molecule has 2 saturated heterocycles. The molecule has 2 aliphatic rings. The Morgan fingerprint density at radius 3 is 2.79 bits per heavy atom. The van der Waals surface area contributed by atoms with Crippen LogP contribution in [0.25, 0.3) is 0 Å². The molecule has 6 nitrogen and oxygen atoms in total. The third-order valence-corrected chi connectivity index (χ3v) is 6.54. The minimum atomic E-state index is -0.316. The van der Waals surface area contributed by atoms with Crippen LogP contribution in [0.1, 0.15) is 49.8 Å². The summed E-state index contributed by atoms with van der Waals surface area (Å²) >= 11 is 5.90. The fourth-order valence-corrected chi connectivity index (χ4v) is 5.08. The first kappa shape index (κ1) is 20.6. The molecule has 4 rings (SSSR count). The Balaban J connectivity index is 1.46. The summed E-state index contributed by atoms with van der Waals surface area (Å²) in [7, 11) is 0. The van der Waals surface area contributed by atoms with Crippen molar-refractivity contribution in [3.63, 3.8) is 0 Å². The van der Waals surface area contributed by atoms with Gasteiger partial charge < -0.3 is 14.4 Å². The van der Waals surface area contributed by atoms with Crippen LogP contribution < -0.4 is 4.90 Å². The fraction of sp³-hybridized carbons (Fsp3) is 0.636. The molecule has 1 unspecified atom stereocenters. The maximum atomic E-state index is 10.7. The molecule has 7 heteroatoms. The van der Waals surface area contributed by atoms with Gasteiger partial charge in [0.1, 0.15) is 17.4 Å². The predicted molar refractivity (Wildman–Crippen MR) is 114 cm³/mol. The van der Waals surface area contributed by atoms with Crippen molar-refractivity contribution in [2.75, 3.05) is 31.1 Å². The third-order valence-electron chi connectivity index (χ3n) is 6.33. The normalized spacial score (nSPS) is 22.3. The Morgan fingerprint density at radius 1 is 1.31 bits per heavy atom. The van der Waals surface area contributed by atoms with Crippen molar-refractivity contribution in [1.29, 1.82) is 0 Å². The first-order valence-corrected chi connectivity index (χ1v) is 11.1. The molecule has 0 saturated carbocycles. The monoisotopic (exact) mass is 418 g/mol. The molecule has 2 aromatic rings. The molecule has 2 aromatic heterocycles. The van der Waals surface area contributed by atoms with Gasteiger partial charge in [-0.3, -0.25) is 4.90 Å². The number of nitrogens with zero attached hydrogens (tertiary/aromatic N) is 4. The maximum absolute atomic E-state index is 10.7. The fourth-order valence-electron chi connectivity index (χ4n) is 4.92. The number of halogens is 1. The molecule has 2 aliphatic heterocycles. The predicted octanol–water partition coefficient (Wildman–Crippen LogP) is 3.84. The summed E-state index contributed by atoms with van der Waals surface area (Å²) in [5.41, 5.74) is 1.33. The van der Waals surface area contributed by atoms with Gasteiger partial charge in [0, 0.05) is 24.8 Å². The number of hydrogen-bond donors (Lipinski definition) is 1. The second kappa shape index (κ2) is 8.62. The third kappa shape index (κ3) is 4.76. The number of piperidine rings is 2. The molecular weight excluding hydrogens is 388 g/mol. The van der Waals surface area contributed by atoms with Gasteiger partial charge in [0.05, 0.1) is 12.6 Å². The molecule has 29 heavy (non-hydrogen) atoms. The van der Waals surface area contributed by atoms with Crippen molar-refractivity contribution >= 4 is 17.4 Å². The number of aromatic nitrogens is 2. The second-order valence-corrected chi connectivity index (χ2v) is 9.11. The van der Waals surface area contributed by atoms with E-state index in [1.54, 1.807) is 6.07 Å². The van der Waals surface area contributed by atoms with E-state index < -0.39 is 0 Å². The van der Waals surface area contributed by atoms with Gasteiger partial charge in [-0.2, -0.15) is 0 Å². The summed E-state index contributed by atoms with van der Waals surface area (Å²) in [5, 5.41) is 11.2. The van der Waals surface area contributed by atoms with Crippen molar-refractivity contribution in [3.8, 4) is 0 Å². The van der Waals surface area contributed by atoms with Gasteiger partial charge in [0.2, 0.25) is 0 Å². The van der Waals surface area contributed by atoms with Gasteiger partial charge in [-0.05, 0) is 74.8 Å². The molecule has 0 aromatic carbocycles. The number of anilines is 1. The van der Waals surface area contributed by atoms with E-state index in [9.17, 15) is 5.11 Å². The van der Waals surface area contributed by atoms with E-state index >= 15 is 0 Å². The lowest BCUT2D eigenvalue weighted by Gasteiger charge is -2.49. The highest BCUT2D eigenvalue weighted by atomic mass is 35.5. The zero-order valence-electron chi connectivity index (χ0n) is 17.4. The zero-order valence-corrected chi connectivity index (χ0v) is 18.2. The van der Waals surface area contributed by atoms with E-state index in [0.717, 1.165) is 75.7 Å². The number of hydrogen-bond acceptors (Lipinski definition) is 6. The summed E-state index contributed by atoms with van der Waals surface area (Å²) in [6.45, 7) is 8.53. The van der Waals surface area contributed by atoms with Crippen LogP contribution in [0.4, 0.5) is 5.82 Å². The van der Waals surface area contributed by atoms with Crippen LogP contribution in [0.2, 0.25) is 5.22 Å². The smallest absolute Gasteiger partial charge is 0.193 e. The van der Waals surface area contributed by atoms with Crippen LogP contribution >= 0.6 is 11.6 Å². The first-order chi connectivity index (χ1) is 14.0. The van der Waals surface area contributed by atoms with Gasteiger partial charge in [0.25, 0.3) is 0 Å². The number of aliphatic hydroxyl groups excluding tert-OH is 1. The Kier molecular flexibility index (Phi) is 6.13. The molecule has 1 N–H and O–H groups in total. The van der Waals surface area contributed by atoms with Crippen molar-refractivity contribution in [2.24, 2.45) is 5.41 Å². The molecule has 1 atom stereocenters. The van der Waals surface area contributed by atoms with Gasteiger partial charge >= 0.3 is 0 Å². The molecule has 0 amide bonds. The average Bonchev–Trinajstić information content (AvgIpc) is 3.09. The van der Waals surface area contributed by atoms with E-state index in [2.05, 4.69) is 21.7 Å².